The lowest BCUT2D eigenvalue weighted by molar-refractivity contribution is -0.161. The van der Waals surface area contributed by atoms with E-state index in [0.29, 0.717) is 12.8 Å². The summed E-state index contributed by atoms with van der Waals surface area (Å²) in [6.07, 6.45) is 75.4. The molecule has 5 heteroatoms. The fourth-order valence-electron chi connectivity index (χ4n) is 7.61. The number of carbonyl (C=O) groups is 2. The van der Waals surface area contributed by atoms with Gasteiger partial charge in [-0.25, -0.2) is 0 Å². The second-order valence-electron chi connectivity index (χ2n) is 17.9. The molecule has 5 nitrogen and oxygen atoms in total. The van der Waals surface area contributed by atoms with E-state index in [0.717, 1.165) is 77.0 Å². The van der Waals surface area contributed by atoms with Crippen LogP contribution in [0.25, 0.3) is 0 Å². The van der Waals surface area contributed by atoms with Crippen molar-refractivity contribution in [2.24, 2.45) is 0 Å². The molecule has 0 radical (unpaired) electrons. The molecule has 0 bridgehead atoms. The van der Waals surface area contributed by atoms with Gasteiger partial charge in [0, 0.05) is 12.8 Å². The van der Waals surface area contributed by atoms with Crippen LogP contribution in [0.2, 0.25) is 0 Å². The van der Waals surface area contributed by atoms with Gasteiger partial charge < -0.3 is 14.6 Å². The molecule has 368 valence electrons. The van der Waals surface area contributed by atoms with E-state index in [-0.39, 0.29) is 25.2 Å². The maximum atomic E-state index is 12.3. The second-order valence-corrected chi connectivity index (χ2v) is 17.9. The summed E-state index contributed by atoms with van der Waals surface area (Å²) in [7, 11) is 0. The lowest BCUT2D eigenvalue weighted by Gasteiger charge is -2.15. The molecule has 0 saturated heterocycles. The summed E-state index contributed by atoms with van der Waals surface area (Å²) in [5.41, 5.74) is 0. The number of esters is 2. The van der Waals surface area contributed by atoms with Crippen molar-refractivity contribution >= 4 is 11.9 Å². The highest BCUT2D eigenvalue weighted by molar-refractivity contribution is 5.70. The summed E-state index contributed by atoms with van der Waals surface area (Å²) in [4.78, 5) is 24.5. The topological polar surface area (TPSA) is 72.8 Å². The Morgan fingerprint density at radius 3 is 1.03 bits per heavy atom. The molecule has 0 aromatic carbocycles. The van der Waals surface area contributed by atoms with Crippen molar-refractivity contribution < 1.29 is 24.2 Å². The Morgan fingerprint density at radius 1 is 0.375 bits per heavy atom. The first-order valence-electron chi connectivity index (χ1n) is 27.1. The van der Waals surface area contributed by atoms with Crippen molar-refractivity contribution in [2.45, 2.75) is 264 Å². The molecule has 0 saturated carbocycles. The third-order valence-corrected chi connectivity index (χ3v) is 11.7. The average molecular weight is 891 g/mol. The van der Waals surface area contributed by atoms with Crippen LogP contribution in [-0.2, 0) is 19.1 Å². The van der Waals surface area contributed by atoms with Crippen LogP contribution < -0.4 is 0 Å². The van der Waals surface area contributed by atoms with Crippen molar-refractivity contribution in [1.82, 2.24) is 0 Å². The molecule has 0 spiro atoms. The molecule has 0 amide bonds. The Kier molecular flexibility index (Phi) is 51.9. The summed E-state index contributed by atoms with van der Waals surface area (Å²) in [6, 6.07) is 0. The quantitative estimate of drug-likeness (QED) is 0.0374. The van der Waals surface area contributed by atoms with Crippen LogP contribution in [-0.4, -0.2) is 36.4 Å². The minimum atomic E-state index is -0.780. The zero-order valence-corrected chi connectivity index (χ0v) is 42.0. The molecule has 0 fully saturated rings. The Balaban J connectivity index is 3.53. The van der Waals surface area contributed by atoms with Crippen molar-refractivity contribution in [3.63, 3.8) is 0 Å². The Labute approximate surface area is 396 Å². The number of hydrogen-bond acceptors (Lipinski definition) is 5. The molecule has 0 aromatic rings. The number of allylic oxidation sites excluding steroid dienone is 14. The SMILES string of the molecule is CC/C=C\C/C=C\C/C=C\C/C=C\C/C=C\C/C=C\CCCCCCCCCCCCC(=O)OC(CO)COC(=O)CCCCCCCCCCC/C=C\CCCCCCCCCC. The minimum Gasteiger partial charge on any atom is -0.462 e. The van der Waals surface area contributed by atoms with Gasteiger partial charge in [-0.1, -0.05) is 240 Å². The fraction of sp³-hybridized carbons (Fsp3) is 0.729. The first-order valence-corrected chi connectivity index (χ1v) is 27.1. The van der Waals surface area contributed by atoms with Crippen molar-refractivity contribution in [2.75, 3.05) is 13.2 Å². The first kappa shape index (κ1) is 61.1. The summed E-state index contributed by atoms with van der Waals surface area (Å²) in [6.45, 7) is 4.04. The van der Waals surface area contributed by atoms with Gasteiger partial charge in [0.05, 0.1) is 6.61 Å². The Bertz CT molecular complexity index is 1190. The van der Waals surface area contributed by atoms with Crippen LogP contribution in [0, 0.1) is 0 Å². The average Bonchev–Trinajstić information content (AvgIpc) is 3.30. The Morgan fingerprint density at radius 2 is 0.672 bits per heavy atom. The summed E-state index contributed by atoms with van der Waals surface area (Å²) in [5, 5.41) is 9.64. The monoisotopic (exact) mass is 891 g/mol. The summed E-state index contributed by atoms with van der Waals surface area (Å²) < 4.78 is 10.7. The summed E-state index contributed by atoms with van der Waals surface area (Å²) in [5.74, 6) is -0.595. The molecule has 0 aliphatic heterocycles. The number of ether oxygens (including phenoxy) is 2. The standard InChI is InChI=1S/C59H102O5/c1-3-5-7-9-11-13-15-17-19-21-23-25-26-27-28-29-30-31-32-34-36-38-40-42-44-46-48-50-52-54-59(62)64-57(55-60)56-63-58(61)53-51-49-47-45-43-41-39-37-35-33-24-22-20-18-16-14-12-10-8-6-4-2/h5,7,11,13,17,19,22-25,27-28,30-31,57,60H,3-4,6,8-10,12,14-16,18,20-21,26,29,32-56H2,1-2H3/b7-5-,13-11-,19-17-,24-22-,25-23-,28-27-,31-30-. The molecule has 1 atom stereocenters. The second kappa shape index (κ2) is 54.4. The largest absolute Gasteiger partial charge is 0.462 e. The van der Waals surface area contributed by atoms with Gasteiger partial charge in [0.2, 0.25) is 0 Å². The van der Waals surface area contributed by atoms with E-state index in [9.17, 15) is 14.7 Å². The molecule has 1 unspecified atom stereocenters. The number of aliphatic hydroxyl groups is 1. The van der Waals surface area contributed by atoms with Crippen molar-refractivity contribution in [3.8, 4) is 0 Å². The maximum absolute atomic E-state index is 12.3. The van der Waals surface area contributed by atoms with Gasteiger partial charge in [0.25, 0.3) is 0 Å². The minimum absolute atomic E-state index is 0.0708. The van der Waals surface area contributed by atoms with E-state index in [1.165, 1.54) is 154 Å². The van der Waals surface area contributed by atoms with Gasteiger partial charge >= 0.3 is 11.9 Å². The van der Waals surface area contributed by atoms with E-state index in [1.807, 2.05) is 0 Å². The molecule has 1 N–H and O–H groups in total. The van der Waals surface area contributed by atoms with Crippen LogP contribution in [0.4, 0.5) is 0 Å². The van der Waals surface area contributed by atoms with Crippen LogP contribution in [0.15, 0.2) is 85.1 Å². The van der Waals surface area contributed by atoms with E-state index in [1.54, 1.807) is 0 Å². The number of carbonyl (C=O) groups excluding carboxylic acids is 2. The fourth-order valence-corrected chi connectivity index (χ4v) is 7.61. The number of aliphatic hydroxyl groups excluding tert-OH is 1. The van der Waals surface area contributed by atoms with Gasteiger partial charge in [-0.2, -0.15) is 0 Å². The number of hydrogen-bond donors (Lipinski definition) is 1. The molecule has 0 aliphatic rings. The van der Waals surface area contributed by atoms with Gasteiger partial charge in [0.1, 0.15) is 6.61 Å². The lowest BCUT2D eigenvalue weighted by Crippen LogP contribution is -2.28. The zero-order valence-electron chi connectivity index (χ0n) is 42.0. The molecule has 0 aliphatic carbocycles. The number of rotatable bonds is 49. The van der Waals surface area contributed by atoms with E-state index in [4.69, 9.17) is 9.47 Å². The third kappa shape index (κ3) is 51.7. The predicted molar refractivity (Wildman–Crippen MR) is 279 cm³/mol. The molecule has 0 aromatic heterocycles. The molecular formula is C59H102O5. The predicted octanol–water partition coefficient (Wildman–Crippen LogP) is 18.2. The van der Waals surface area contributed by atoms with Gasteiger partial charge in [-0.05, 0) is 89.9 Å². The first-order chi connectivity index (χ1) is 31.6. The molecule has 64 heavy (non-hydrogen) atoms. The van der Waals surface area contributed by atoms with Crippen molar-refractivity contribution in [3.05, 3.63) is 85.1 Å². The lowest BCUT2D eigenvalue weighted by atomic mass is 10.0. The van der Waals surface area contributed by atoms with Crippen LogP contribution in [0.3, 0.4) is 0 Å². The molecule has 0 heterocycles. The normalized spacial score (nSPS) is 12.9. The summed E-state index contributed by atoms with van der Waals surface area (Å²) >= 11 is 0. The highest BCUT2D eigenvalue weighted by Crippen LogP contribution is 2.15. The third-order valence-electron chi connectivity index (χ3n) is 11.7. The van der Waals surface area contributed by atoms with Crippen LogP contribution in [0.5, 0.6) is 0 Å². The van der Waals surface area contributed by atoms with Gasteiger partial charge in [0.15, 0.2) is 6.10 Å². The molecule has 0 rings (SSSR count). The Hall–Kier alpha value is -2.92. The molecular weight excluding hydrogens is 789 g/mol. The van der Waals surface area contributed by atoms with Gasteiger partial charge in [-0.15, -0.1) is 0 Å². The van der Waals surface area contributed by atoms with Gasteiger partial charge in [-0.3, -0.25) is 9.59 Å². The highest BCUT2D eigenvalue weighted by atomic mass is 16.6. The highest BCUT2D eigenvalue weighted by Gasteiger charge is 2.16. The smallest absolute Gasteiger partial charge is 0.306 e. The van der Waals surface area contributed by atoms with E-state index < -0.39 is 6.10 Å². The zero-order chi connectivity index (χ0) is 46.3. The van der Waals surface area contributed by atoms with Crippen molar-refractivity contribution in [1.29, 1.82) is 0 Å². The number of unbranched alkanes of at least 4 members (excludes halogenated alkanes) is 27. The van der Waals surface area contributed by atoms with E-state index in [2.05, 4.69) is 98.9 Å². The maximum Gasteiger partial charge on any atom is 0.306 e. The van der Waals surface area contributed by atoms with Crippen LogP contribution >= 0.6 is 0 Å². The van der Waals surface area contributed by atoms with E-state index >= 15 is 0 Å². The van der Waals surface area contributed by atoms with Crippen LogP contribution in [0.1, 0.15) is 258 Å².